The Balaban J connectivity index is 2.39. The molecule has 20 heavy (non-hydrogen) atoms. The molecule has 0 amide bonds. The summed E-state index contributed by atoms with van der Waals surface area (Å²) >= 11 is 5.86. The standard InChI is InChI=1S/C15H18ClNO3/c1-4-17-15(12-7-8-14(16)20-12)10-5-6-11(18-2)13(9-10)19-3/h5-9,15,17H,4H2,1-3H3. The molecule has 1 atom stereocenters. The Kier molecular flexibility index (Phi) is 4.93. The summed E-state index contributed by atoms with van der Waals surface area (Å²) in [5.74, 6) is 2.15. The summed E-state index contributed by atoms with van der Waals surface area (Å²) in [5.41, 5.74) is 1.02. The van der Waals surface area contributed by atoms with Crippen molar-refractivity contribution in [3.63, 3.8) is 0 Å². The number of methoxy groups -OCH3 is 2. The van der Waals surface area contributed by atoms with E-state index < -0.39 is 0 Å². The molecule has 1 aromatic carbocycles. The zero-order chi connectivity index (χ0) is 14.5. The summed E-state index contributed by atoms with van der Waals surface area (Å²) < 4.78 is 16.1. The van der Waals surface area contributed by atoms with Gasteiger partial charge in [-0.1, -0.05) is 13.0 Å². The number of rotatable bonds is 6. The predicted octanol–water partition coefficient (Wildman–Crippen LogP) is 3.65. The number of hydrogen-bond acceptors (Lipinski definition) is 4. The molecule has 0 fully saturated rings. The summed E-state index contributed by atoms with van der Waals surface area (Å²) in [6, 6.07) is 9.32. The third-order valence-corrected chi connectivity index (χ3v) is 3.23. The van der Waals surface area contributed by atoms with Crippen LogP contribution in [0.15, 0.2) is 34.7 Å². The average molecular weight is 296 g/mol. The molecular weight excluding hydrogens is 278 g/mol. The molecule has 0 aliphatic carbocycles. The van der Waals surface area contributed by atoms with E-state index in [1.807, 2.05) is 31.2 Å². The Labute approximate surface area is 123 Å². The van der Waals surface area contributed by atoms with Crippen molar-refractivity contribution in [2.75, 3.05) is 20.8 Å². The van der Waals surface area contributed by atoms with Crippen LogP contribution in [0.25, 0.3) is 0 Å². The summed E-state index contributed by atoms with van der Waals surface area (Å²) in [6.07, 6.45) is 0. The zero-order valence-corrected chi connectivity index (χ0v) is 12.5. The first-order chi connectivity index (χ1) is 9.69. The summed E-state index contributed by atoms with van der Waals surface area (Å²) in [7, 11) is 3.24. The van der Waals surface area contributed by atoms with Gasteiger partial charge in [-0.05, 0) is 48.0 Å². The van der Waals surface area contributed by atoms with Crippen LogP contribution < -0.4 is 14.8 Å². The molecule has 1 heterocycles. The highest BCUT2D eigenvalue weighted by Gasteiger charge is 2.18. The van der Waals surface area contributed by atoms with Gasteiger partial charge in [0, 0.05) is 0 Å². The molecule has 0 bridgehead atoms. The Hall–Kier alpha value is -1.65. The number of ether oxygens (including phenoxy) is 2. The van der Waals surface area contributed by atoms with Gasteiger partial charge in [0.05, 0.1) is 20.3 Å². The highest BCUT2D eigenvalue weighted by Crippen LogP contribution is 2.33. The lowest BCUT2D eigenvalue weighted by molar-refractivity contribution is 0.353. The van der Waals surface area contributed by atoms with E-state index >= 15 is 0 Å². The molecule has 2 rings (SSSR count). The summed E-state index contributed by atoms with van der Waals surface area (Å²) in [5, 5.41) is 3.75. The van der Waals surface area contributed by atoms with Gasteiger partial charge >= 0.3 is 0 Å². The van der Waals surface area contributed by atoms with Crippen molar-refractivity contribution < 1.29 is 13.9 Å². The van der Waals surface area contributed by atoms with Crippen LogP contribution in [0.5, 0.6) is 11.5 Å². The minimum Gasteiger partial charge on any atom is -0.493 e. The molecule has 2 aromatic rings. The lowest BCUT2D eigenvalue weighted by atomic mass is 10.0. The van der Waals surface area contributed by atoms with Crippen molar-refractivity contribution in [3.8, 4) is 11.5 Å². The number of halogens is 1. The van der Waals surface area contributed by atoms with Crippen molar-refractivity contribution in [2.45, 2.75) is 13.0 Å². The number of benzene rings is 1. The fraction of sp³-hybridized carbons (Fsp3) is 0.333. The van der Waals surface area contributed by atoms with E-state index in [2.05, 4.69) is 5.32 Å². The number of hydrogen-bond donors (Lipinski definition) is 1. The van der Waals surface area contributed by atoms with Crippen LogP contribution in [-0.4, -0.2) is 20.8 Å². The Morgan fingerprint density at radius 2 is 1.90 bits per heavy atom. The van der Waals surface area contributed by atoms with Crippen LogP contribution in [0, 0.1) is 0 Å². The Morgan fingerprint density at radius 3 is 2.45 bits per heavy atom. The van der Waals surface area contributed by atoms with Gasteiger partial charge in [-0.2, -0.15) is 0 Å². The van der Waals surface area contributed by atoms with E-state index in [0.717, 1.165) is 17.9 Å². The maximum absolute atomic E-state index is 5.86. The zero-order valence-electron chi connectivity index (χ0n) is 11.8. The van der Waals surface area contributed by atoms with Gasteiger partial charge in [-0.3, -0.25) is 0 Å². The van der Waals surface area contributed by atoms with E-state index in [4.69, 9.17) is 25.5 Å². The third-order valence-electron chi connectivity index (χ3n) is 3.03. The van der Waals surface area contributed by atoms with Crippen molar-refractivity contribution >= 4 is 11.6 Å². The minimum atomic E-state index is -0.0766. The van der Waals surface area contributed by atoms with E-state index in [1.165, 1.54) is 0 Å². The second-order valence-corrected chi connectivity index (χ2v) is 4.62. The molecular formula is C15H18ClNO3. The summed E-state index contributed by atoms with van der Waals surface area (Å²) in [4.78, 5) is 0. The Bertz CT molecular complexity index is 568. The highest BCUT2D eigenvalue weighted by molar-refractivity contribution is 6.28. The molecule has 0 saturated heterocycles. The van der Waals surface area contributed by atoms with Gasteiger partial charge in [0.2, 0.25) is 0 Å². The van der Waals surface area contributed by atoms with E-state index in [0.29, 0.717) is 16.7 Å². The topological polar surface area (TPSA) is 43.6 Å². The van der Waals surface area contributed by atoms with Crippen molar-refractivity contribution in [1.82, 2.24) is 5.32 Å². The van der Waals surface area contributed by atoms with Crippen LogP contribution in [0.2, 0.25) is 5.22 Å². The van der Waals surface area contributed by atoms with Crippen LogP contribution in [0.4, 0.5) is 0 Å². The molecule has 108 valence electrons. The molecule has 0 radical (unpaired) electrons. The first-order valence-corrected chi connectivity index (χ1v) is 6.78. The molecule has 0 aliphatic heterocycles. The summed E-state index contributed by atoms with van der Waals surface area (Å²) in [6.45, 7) is 2.84. The first-order valence-electron chi connectivity index (χ1n) is 6.40. The van der Waals surface area contributed by atoms with E-state index in [9.17, 15) is 0 Å². The molecule has 0 spiro atoms. The fourth-order valence-electron chi connectivity index (χ4n) is 2.10. The minimum absolute atomic E-state index is 0.0766. The fourth-order valence-corrected chi connectivity index (χ4v) is 2.25. The molecule has 5 heteroatoms. The lowest BCUT2D eigenvalue weighted by Crippen LogP contribution is -2.21. The largest absolute Gasteiger partial charge is 0.493 e. The van der Waals surface area contributed by atoms with Crippen LogP contribution >= 0.6 is 11.6 Å². The molecule has 1 aromatic heterocycles. The van der Waals surface area contributed by atoms with Gasteiger partial charge in [-0.15, -0.1) is 0 Å². The quantitative estimate of drug-likeness (QED) is 0.883. The molecule has 0 aliphatic rings. The second-order valence-electron chi connectivity index (χ2n) is 4.25. The first kappa shape index (κ1) is 14.8. The maximum Gasteiger partial charge on any atom is 0.193 e. The normalized spacial score (nSPS) is 12.2. The Morgan fingerprint density at radius 1 is 1.15 bits per heavy atom. The monoisotopic (exact) mass is 295 g/mol. The van der Waals surface area contributed by atoms with Crippen LogP contribution in [0.1, 0.15) is 24.3 Å². The van der Waals surface area contributed by atoms with Gasteiger partial charge in [0.1, 0.15) is 5.76 Å². The van der Waals surface area contributed by atoms with Crippen LogP contribution in [-0.2, 0) is 0 Å². The van der Waals surface area contributed by atoms with Gasteiger partial charge < -0.3 is 19.2 Å². The van der Waals surface area contributed by atoms with Crippen LogP contribution in [0.3, 0.4) is 0 Å². The van der Waals surface area contributed by atoms with Gasteiger partial charge in [0.15, 0.2) is 16.7 Å². The van der Waals surface area contributed by atoms with Gasteiger partial charge in [-0.25, -0.2) is 0 Å². The maximum atomic E-state index is 5.86. The van der Waals surface area contributed by atoms with Crippen molar-refractivity contribution in [1.29, 1.82) is 0 Å². The molecule has 1 N–H and O–H groups in total. The third kappa shape index (κ3) is 3.08. The SMILES string of the molecule is CCNC(c1ccc(OC)c(OC)c1)c1ccc(Cl)o1. The number of nitrogens with one attached hydrogen (secondary N) is 1. The highest BCUT2D eigenvalue weighted by atomic mass is 35.5. The van der Waals surface area contributed by atoms with Crippen molar-refractivity contribution in [2.24, 2.45) is 0 Å². The predicted molar refractivity (Wildman–Crippen MR) is 78.8 cm³/mol. The van der Waals surface area contributed by atoms with Gasteiger partial charge in [0.25, 0.3) is 0 Å². The average Bonchev–Trinajstić information content (AvgIpc) is 2.90. The molecule has 0 saturated carbocycles. The smallest absolute Gasteiger partial charge is 0.193 e. The van der Waals surface area contributed by atoms with Crippen molar-refractivity contribution in [3.05, 3.63) is 46.9 Å². The molecule has 1 unspecified atom stereocenters. The van der Waals surface area contributed by atoms with E-state index in [1.54, 1.807) is 20.3 Å². The van der Waals surface area contributed by atoms with E-state index in [-0.39, 0.29) is 6.04 Å². The number of furan rings is 1. The lowest BCUT2D eigenvalue weighted by Gasteiger charge is -2.18. The molecule has 4 nitrogen and oxygen atoms in total. The second kappa shape index (κ2) is 6.68.